The number of anilines is 1. The van der Waals surface area contributed by atoms with E-state index in [4.69, 9.17) is 0 Å². The second-order valence-electron chi connectivity index (χ2n) is 7.86. The highest BCUT2D eigenvalue weighted by Gasteiger charge is 2.55. The van der Waals surface area contributed by atoms with Gasteiger partial charge in [-0.15, -0.1) is 0 Å². The summed E-state index contributed by atoms with van der Waals surface area (Å²) in [5.41, 5.74) is 0.582. The molecule has 4 rings (SSSR count). The molecule has 1 N–H and O–H groups in total. The molecule has 1 spiro atoms. The lowest BCUT2D eigenvalue weighted by atomic mass is 9.73. The van der Waals surface area contributed by atoms with E-state index in [1.165, 1.54) is 10.6 Å². The zero-order chi connectivity index (χ0) is 18.1. The van der Waals surface area contributed by atoms with Gasteiger partial charge in [-0.1, -0.05) is 38.0 Å². The molecule has 0 unspecified atom stereocenters. The zero-order valence-electron chi connectivity index (χ0n) is 15.5. The summed E-state index contributed by atoms with van der Waals surface area (Å²) in [6, 6.07) is 10.2. The van der Waals surface area contributed by atoms with Crippen molar-refractivity contribution in [3.8, 4) is 0 Å². The fourth-order valence-electron chi connectivity index (χ4n) is 4.61. The van der Waals surface area contributed by atoms with E-state index >= 15 is 0 Å². The number of amides is 3. The summed E-state index contributed by atoms with van der Waals surface area (Å²) in [4.78, 5) is 31.6. The number of benzene rings is 1. The molecule has 3 fully saturated rings. The Balaban J connectivity index is 1.38. The van der Waals surface area contributed by atoms with Crippen molar-refractivity contribution in [2.75, 3.05) is 37.7 Å². The second-order valence-corrected chi connectivity index (χ2v) is 7.86. The van der Waals surface area contributed by atoms with Crippen molar-refractivity contribution in [2.45, 2.75) is 38.1 Å². The van der Waals surface area contributed by atoms with Gasteiger partial charge in [-0.05, 0) is 30.9 Å². The topological polar surface area (TPSA) is 55.9 Å². The molecule has 2 heterocycles. The zero-order valence-corrected chi connectivity index (χ0v) is 15.5. The first kappa shape index (κ1) is 17.3. The summed E-state index contributed by atoms with van der Waals surface area (Å²) < 4.78 is 0. The van der Waals surface area contributed by atoms with Crippen LogP contribution in [0.5, 0.6) is 0 Å². The molecule has 2 saturated heterocycles. The van der Waals surface area contributed by atoms with Crippen LogP contribution in [0.1, 0.15) is 32.6 Å². The number of imide groups is 1. The number of carbonyl (C=O) groups excluding carboxylic acids is 2. The first-order valence-corrected chi connectivity index (χ1v) is 9.76. The van der Waals surface area contributed by atoms with E-state index in [0.29, 0.717) is 6.67 Å². The van der Waals surface area contributed by atoms with E-state index in [2.05, 4.69) is 46.3 Å². The third-order valence-corrected chi connectivity index (χ3v) is 6.34. The van der Waals surface area contributed by atoms with E-state index in [-0.39, 0.29) is 17.9 Å². The van der Waals surface area contributed by atoms with Crippen LogP contribution < -0.4 is 10.2 Å². The fourth-order valence-corrected chi connectivity index (χ4v) is 4.61. The van der Waals surface area contributed by atoms with Gasteiger partial charge in [0, 0.05) is 31.9 Å². The Kier molecular flexibility index (Phi) is 4.61. The molecule has 2 atom stereocenters. The van der Waals surface area contributed by atoms with E-state index in [1.54, 1.807) is 0 Å². The lowest BCUT2D eigenvalue weighted by Gasteiger charge is -2.38. The molecule has 1 aromatic carbocycles. The maximum atomic E-state index is 13.1. The summed E-state index contributed by atoms with van der Waals surface area (Å²) in [7, 11) is 0. The largest absolute Gasteiger partial charge is 0.369 e. The van der Waals surface area contributed by atoms with Gasteiger partial charge in [0.2, 0.25) is 0 Å². The lowest BCUT2D eigenvalue weighted by Crippen LogP contribution is -2.55. The highest BCUT2D eigenvalue weighted by Crippen LogP contribution is 2.38. The maximum absolute atomic E-state index is 13.1. The Hall–Kier alpha value is -2.08. The Morgan fingerprint density at radius 2 is 1.81 bits per heavy atom. The number of nitrogens with one attached hydrogen (secondary N) is 1. The highest BCUT2D eigenvalue weighted by atomic mass is 16.2. The van der Waals surface area contributed by atoms with Gasteiger partial charge in [0.05, 0.1) is 6.67 Å². The predicted molar refractivity (Wildman–Crippen MR) is 101 cm³/mol. The van der Waals surface area contributed by atoms with Gasteiger partial charge in [0.15, 0.2) is 0 Å². The van der Waals surface area contributed by atoms with Crippen molar-refractivity contribution >= 4 is 17.6 Å². The van der Waals surface area contributed by atoms with Gasteiger partial charge in [0.1, 0.15) is 5.54 Å². The summed E-state index contributed by atoms with van der Waals surface area (Å²) in [6.07, 6.45) is 3.94. The van der Waals surface area contributed by atoms with E-state index in [0.717, 1.165) is 51.9 Å². The van der Waals surface area contributed by atoms with Crippen molar-refractivity contribution in [3.63, 3.8) is 0 Å². The van der Waals surface area contributed by atoms with Crippen LogP contribution in [0.4, 0.5) is 10.5 Å². The summed E-state index contributed by atoms with van der Waals surface area (Å²) >= 11 is 0. The van der Waals surface area contributed by atoms with Crippen LogP contribution in [0.2, 0.25) is 0 Å². The number of urea groups is 1. The monoisotopic (exact) mass is 356 g/mol. The highest BCUT2D eigenvalue weighted by molar-refractivity contribution is 6.07. The van der Waals surface area contributed by atoms with Gasteiger partial charge >= 0.3 is 6.03 Å². The minimum absolute atomic E-state index is 0.0137. The second kappa shape index (κ2) is 6.91. The van der Waals surface area contributed by atoms with Crippen LogP contribution in [-0.2, 0) is 4.79 Å². The third-order valence-electron chi connectivity index (χ3n) is 6.34. The Labute approximate surface area is 155 Å². The molecular weight excluding hydrogens is 328 g/mol. The van der Waals surface area contributed by atoms with Crippen LogP contribution in [0, 0.1) is 5.92 Å². The van der Waals surface area contributed by atoms with Crippen molar-refractivity contribution in [1.82, 2.24) is 15.1 Å². The fraction of sp³-hybridized carbons (Fsp3) is 0.600. The molecule has 0 radical (unpaired) electrons. The molecule has 6 nitrogen and oxygen atoms in total. The van der Waals surface area contributed by atoms with Gasteiger partial charge in [-0.3, -0.25) is 9.69 Å². The average Bonchev–Trinajstić information content (AvgIpc) is 2.90. The summed E-state index contributed by atoms with van der Waals surface area (Å²) in [5, 5.41) is 3.04. The first-order valence-electron chi connectivity index (χ1n) is 9.76. The number of rotatable bonds is 3. The van der Waals surface area contributed by atoms with Crippen LogP contribution in [0.25, 0.3) is 0 Å². The van der Waals surface area contributed by atoms with Crippen molar-refractivity contribution in [2.24, 2.45) is 5.92 Å². The molecule has 26 heavy (non-hydrogen) atoms. The Bertz CT molecular complexity index is 672. The minimum atomic E-state index is -0.652. The van der Waals surface area contributed by atoms with Crippen molar-refractivity contribution < 1.29 is 9.59 Å². The smallest absolute Gasteiger partial charge is 0.326 e. The van der Waals surface area contributed by atoms with E-state index < -0.39 is 5.54 Å². The number of carbonyl (C=O) groups is 2. The summed E-state index contributed by atoms with van der Waals surface area (Å²) in [5.74, 6) is 0.202. The molecule has 1 aromatic rings. The van der Waals surface area contributed by atoms with E-state index in [9.17, 15) is 9.59 Å². The molecule has 3 aliphatic rings. The average molecular weight is 356 g/mol. The molecule has 140 valence electrons. The molecule has 3 amide bonds. The molecule has 1 saturated carbocycles. The van der Waals surface area contributed by atoms with Gasteiger partial charge < -0.3 is 10.2 Å². The van der Waals surface area contributed by atoms with Crippen LogP contribution >= 0.6 is 0 Å². The molecule has 0 bridgehead atoms. The quantitative estimate of drug-likeness (QED) is 0.844. The maximum Gasteiger partial charge on any atom is 0.326 e. The number of para-hydroxylation sites is 1. The first-order chi connectivity index (χ1) is 12.6. The predicted octanol–water partition coefficient (Wildman–Crippen LogP) is 2.27. The molecule has 0 aromatic heterocycles. The van der Waals surface area contributed by atoms with Gasteiger partial charge in [-0.25, -0.2) is 9.69 Å². The molecule has 2 aliphatic heterocycles. The van der Waals surface area contributed by atoms with Gasteiger partial charge in [-0.2, -0.15) is 0 Å². The minimum Gasteiger partial charge on any atom is -0.369 e. The number of nitrogens with zero attached hydrogens (tertiary/aromatic N) is 3. The Morgan fingerprint density at radius 3 is 2.50 bits per heavy atom. The van der Waals surface area contributed by atoms with Crippen LogP contribution in [-0.4, -0.2) is 60.1 Å². The number of hydrogen-bond acceptors (Lipinski definition) is 4. The number of hydrogen-bond donors (Lipinski definition) is 1. The van der Waals surface area contributed by atoms with E-state index in [1.807, 2.05) is 6.07 Å². The normalized spacial score (nSPS) is 30.1. The molecular formula is C20H28N4O2. The summed E-state index contributed by atoms with van der Waals surface area (Å²) in [6.45, 7) is 6.04. The van der Waals surface area contributed by atoms with Gasteiger partial charge in [0.25, 0.3) is 5.91 Å². The van der Waals surface area contributed by atoms with Crippen LogP contribution in [0.15, 0.2) is 30.3 Å². The van der Waals surface area contributed by atoms with Crippen LogP contribution in [0.3, 0.4) is 0 Å². The molecule has 6 heteroatoms. The molecule has 1 aliphatic carbocycles. The SMILES string of the molecule is C[C@H]1CCCC[C@]12NC(=O)N(CN1CCN(c3ccccc3)CC1)C2=O. The van der Waals surface area contributed by atoms with Crippen molar-refractivity contribution in [1.29, 1.82) is 0 Å². The van der Waals surface area contributed by atoms with Crippen molar-refractivity contribution in [3.05, 3.63) is 30.3 Å². The Morgan fingerprint density at radius 1 is 1.08 bits per heavy atom. The standard InChI is InChI=1S/C20H28N4O2/c1-16-7-5-6-10-20(16)18(25)24(19(26)21-20)15-22-11-13-23(14-12-22)17-8-3-2-4-9-17/h2-4,8-9,16H,5-7,10-15H2,1H3,(H,21,26)/t16-,20-/m0/s1. The third kappa shape index (κ3) is 2.96. The number of piperazine rings is 1. The lowest BCUT2D eigenvalue weighted by molar-refractivity contribution is -0.135.